The van der Waals surface area contributed by atoms with Gasteiger partial charge in [-0.25, -0.2) is 12.7 Å². The number of thiophene rings is 1. The predicted molar refractivity (Wildman–Crippen MR) is 75.1 cm³/mol. The molecule has 7 heteroatoms. The van der Waals surface area contributed by atoms with E-state index in [2.05, 4.69) is 0 Å². The van der Waals surface area contributed by atoms with Gasteiger partial charge in [0.25, 0.3) is 0 Å². The van der Waals surface area contributed by atoms with Crippen molar-refractivity contribution in [3.05, 3.63) is 15.8 Å². The average molecular weight is 294 g/mol. The molecule has 0 unspecified atom stereocenters. The van der Waals surface area contributed by atoms with Crippen LogP contribution in [0.4, 0.5) is 0 Å². The van der Waals surface area contributed by atoms with Crippen LogP contribution in [0.5, 0.6) is 0 Å². The summed E-state index contributed by atoms with van der Waals surface area (Å²) in [7, 11) is -1.78. The van der Waals surface area contributed by atoms with Gasteiger partial charge in [-0.1, -0.05) is 0 Å². The molecule has 0 aromatic carbocycles. The van der Waals surface area contributed by atoms with E-state index in [4.69, 9.17) is 5.73 Å². The largest absolute Gasteiger partial charge is 0.326 e. The first-order valence-corrected chi connectivity index (χ1v) is 8.88. The maximum absolute atomic E-state index is 12.4. The zero-order chi connectivity index (χ0) is 13.1. The normalized spacial score (nSPS) is 12.3. The molecule has 2 N–H and O–H groups in total. The summed E-state index contributed by atoms with van der Waals surface area (Å²) in [4.78, 5) is 1.13. The second-order valence-corrected chi connectivity index (χ2v) is 7.63. The van der Waals surface area contributed by atoms with Crippen molar-refractivity contribution < 1.29 is 8.42 Å². The molecule has 4 nitrogen and oxygen atoms in total. The van der Waals surface area contributed by atoms with Crippen molar-refractivity contribution in [2.45, 2.75) is 18.4 Å². The number of nitrogens with two attached hydrogens (primary N) is 1. The fraction of sp³-hybridized carbons (Fsp3) is 0.600. The molecule has 0 aliphatic carbocycles. The smallest absolute Gasteiger partial charge is 0.244 e. The van der Waals surface area contributed by atoms with Gasteiger partial charge in [0.2, 0.25) is 10.0 Å². The summed E-state index contributed by atoms with van der Waals surface area (Å²) in [6.07, 6.45) is 1.96. The number of nitrogens with zero attached hydrogens (tertiary/aromatic N) is 1. The lowest BCUT2D eigenvalue weighted by molar-refractivity contribution is 0.487. The highest BCUT2D eigenvalue weighted by Gasteiger charge is 2.26. The Bertz CT molecular complexity index is 468. The fourth-order valence-electron chi connectivity index (χ4n) is 1.47. The molecule has 0 aliphatic heterocycles. The summed E-state index contributed by atoms with van der Waals surface area (Å²) in [6, 6.07) is 0. The summed E-state index contributed by atoms with van der Waals surface area (Å²) >= 11 is 3.04. The Kier molecular flexibility index (Phi) is 5.46. The van der Waals surface area contributed by atoms with Crippen LogP contribution in [0.25, 0.3) is 0 Å². The molecule has 0 amide bonds. The van der Waals surface area contributed by atoms with Crippen LogP contribution in [-0.2, 0) is 16.6 Å². The van der Waals surface area contributed by atoms with Crippen molar-refractivity contribution in [1.82, 2.24) is 4.31 Å². The van der Waals surface area contributed by atoms with Crippen molar-refractivity contribution in [3.63, 3.8) is 0 Å². The van der Waals surface area contributed by atoms with E-state index in [0.717, 1.165) is 16.2 Å². The number of thioether (sulfide) groups is 1. The van der Waals surface area contributed by atoms with Crippen LogP contribution >= 0.6 is 23.1 Å². The van der Waals surface area contributed by atoms with Crippen molar-refractivity contribution in [1.29, 1.82) is 0 Å². The minimum absolute atomic E-state index is 0.267. The van der Waals surface area contributed by atoms with Crippen molar-refractivity contribution in [3.8, 4) is 0 Å². The summed E-state index contributed by atoms with van der Waals surface area (Å²) in [5.74, 6) is 0.789. The third-order valence-corrected chi connectivity index (χ3v) is 6.39. The Labute approximate surface area is 111 Å². The second kappa shape index (κ2) is 6.19. The molecule has 1 rings (SSSR count). The number of hydrogen-bond acceptors (Lipinski definition) is 5. The standard InChI is InChI=1S/C10H18N2O2S3/c1-8-7-16-9(6-11)10(8)17(13,14)12(2)4-5-15-3/h7H,4-6,11H2,1-3H3. The predicted octanol–water partition coefficient (Wildman–Crippen LogP) is 1.50. The molecule has 17 heavy (non-hydrogen) atoms. The molecule has 98 valence electrons. The summed E-state index contributed by atoms with van der Waals surface area (Å²) < 4.78 is 26.1. The van der Waals surface area contributed by atoms with Gasteiger partial charge in [0.05, 0.1) is 0 Å². The van der Waals surface area contributed by atoms with E-state index in [1.807, 2.05) is 18.6 Å². The number of hydrogen-bond donors (Lipinski definition) is 1. The lowest BCUT2D eigenvalue weighted by Crippen LogP contribution is -2.30. The highest BCUT2D eigenvalue weighted by molar-refractivity contribution is 7.98. The number of sulfonamides is 1. The van der Waals surface area contributed by atoms with Crippen LogP contribution in [0, 0.1) is 6.92 Å². The van der Waals surface area contributed by atoms with Crippen LogP contribution in [0.1, 0.15) is 10.4 Å². The van der Waals surface area contributed by atoms with Gasteiger partial charge in [0, 0.05) is 30.8 Å². The Morgan fingerprint density at radius 3 is 2.71 bits per heavy atom. The summed E-state index contributed by atoms with van der Waals surface area (Å²) in [5, 5.41) is 1.84. The van der Waals surface area contributed by atoms with Crippen LogP contribution in [0.3, 0.4) is 0 Å². The van der Waals surface area contributed by atoms with Crippen LogP contribution in [0.15, 0.2) is 10.3 Å². The van der Waals surface area contributed by atoms with E-state index in [1.54, 1.807) is 18.8 Å². The zero-order valence-electron chi connectivity index (χ0n) is 10.3. The molecular formula is C10H18N2O2S3. The van der Waals surface area contributed by atoms with Crippen LogP contribution < -0.4 is 5.73 Å². The molecular weight excluding hydrogens is 276 g/mol. The molecule has 0 radical (unpaired) electrons. The molecule has 0 aliphatic rings. The van der Waals surface area contributed by atoms with E-state index in [0.29, 0.717) is 11.4 Å². The third-order valence-electron chi connectivity index (χ3n) is 2.45. The molecule has 0 atom stereocenters. The molecule has 0 spiro atoms. The van der Waals surface area contributed by atoms with Gasteiger partial charge < -0.3 is 5.73 Å². The van der Waals surface area contributed by atoms with Gasteiger partial charge >= 0.3 is 0 Å². The fourth-order valence-corrected chi connectivity index (χ4v) is 4.86. The first-order chi connectivity index (χ1) is 7.95. The quantitative estimate of drug-likeness (QED) is 0.863. The van der Waals surface area contributed by atoms with Gasteiger partial charge in [-0.2, -0.15) is 11.8 Å². The first kappa shape index (κ1) is 15.0. The molecule has 0 saturated carbocycles. The summed E-state index contributed by atoms with van der Waals surface area (Å²) in [6.45, 7) is 2.59. The van der Waals surface area contributed by atoms with E-state index in [-0.39, 0.29) is 6.54 Å². The molecule has 0 bridgehead atoms. The van der Waals surface area contributed by atoms with Crippen LogP contribution in [0.2, 0.25) is 0 Å². The minimum atomic E-state index is -3.39. The van der Waals surface area contributed by atoms with Gasteiger partial charge in [-0.3, -0.25) is 0 Å². The van der Waals surface area contributed by atoms with E-state index in [9.17, 15) is 8.42 Å². The Morgan fingerprint density at radius 1 is 1.53 bits per heavy atom. The van der Waals surface area contributed by atoms with Gasteiger partial charge in [-0.15, -0.1) is 11.3 Å². The number of aryl methyl sites for hydroxylation is 1. The lowest BCUT2D eigenvalue weighted by atomic mass is 10.3. The summed E-state index contributed by atoms with van der Waals surface area (Å²) in [5.41, 5.74) is 6.37. The highest BCUT2D eigenvalue weighted by atomic mass is 32.2. The Hall–Kier alpha value is -0.0800. The first-order valence-electron chi connectivity index (χ1n) is 5.17. The van der Waals surface area contributed by atoms with Crippen LogP contribution in [-0.4, -0.2) is 38.3 Å². The Balaban J connectivity index is 3.08. The molecule has 0 saturated heterocycles. The van der Waals surface area contributed by atoms with Crippen molar-refractivity contribution >= 4 is 33.1 Å². The average Bonchev–Trinajstić information content (AvgIpc) is 2.67. The lowest BCUT2D eigenvalue weighted by Gasteiger charge is -2.17. The van der Waals surface area contributed by atoms with Gasteiger partial charge in [-0.05, 0) is 24.1 Å². The van der Waals surface area contributed by atoms with E-state index < -0.39 is 10.0 Å². The van der Waals surface area contributed by atoms with Gasteiger partial charge in [0.1, 0.15) is 4.90 Å². The van der Waals surface area contributed by atoms with Gasteiger partial charge in [0.15, 0.2) is 0 Å². The highest BCUT2D eigenvalue weighted by Crippen LogP contribution is 2.28. The minimum Gasteiger partial charge on any atom is -0.326 e. The molecule has 1 aromatic heterocycles. The number of rotatable bonds is 6. The molecule has 0 fully saturated rings. The van der Waals surface area contributed by atoms with Crippen molar-refractivity contribution in [2.75, 3.05) is 25.6 Å². The third kappa shape index (κ3) is 3.23. The van der Waals surface area contributed by atoms with E-state index in [1.165, 1.54) is 15.6 Å². The maximum Gasteiger partial charge on any atom is 0.244 e. The molecule has 1 heterocycles. The SMILES string of the molecule is CSCCN(C)S(=O)(=O)c1c(C)csc1CN. The monoisotopic (exact) mass is 294 g/mol. The second-order valence-electron chi connectivity index (χ2n) is 3.69. The maximum atomic E-state index is 12.4. The van der Waals surface area contributed by atoms with Crippen molar-refractivity contribution in [2.24, 2.45) is 5.73 Å². The Morgan fingerprint density at radius 2 is 2.18 bits per heavy atom. The van der Waals surface area contributed by atoms with E-state index >= 15 is 0 Å². The molecule has 1 aromatic rings. The zero-order valence-corrected chi connectivity index (χ0v) is 12.7. The topological polar surface area (TPSA) is 63.4 Å².